The van der Waals surface area contributed by atoms with Gasteiger partial charge in [-0.3, -0.25) is 4.57 Å². The van der Waals surface area contributed by atoms with E-state index in [2.05, 4.69) is 4.98 Å². The molecule has 1 aromatic heterocycles. The Kier molecular flexibility index (Phi) is 2.63. The zero-order chi connectivity index (χ0) is 14.4. The minimum Gasteiger partial charge on any atom is -0.369 e. The summed E-state index contributed by atoms with van der Waals surface area (Å²) >= 11 is 0. The third-order valence-corrected chi connectivity index (χ3v) is 2.91. The average molecular weight is 281 g/mol. The van der Waals surface area contributed by atoms with Gasteiger partial charge in [0, 0.05) is 0 Å². The van der Waals surface area contributed by atoms with E-state index in [9.17, 15) is 17.6 Å². The summed E-state index contributed by atoms with van der Waals surface area (Å²) in [5.41, 5.74) is 4.96. The van der Waals surface area contributed by atoms with E-state index in [0.717, 1.165) is 16.7 Å². The van der Waals surface area contributed by atoms with Crippen molar-refractivity contribution in [3.63, 3.8) is 0 Å². The van der Waals surface area contributed by atoms with E-state index < -0.39 is 23.3 Å². The summed E-state index contributed by atoms with van der Waals surface area (Å²) in [7, 11) is 0. The maximum absolute atomic E-state index is 13.9. The molecule has 0 aliphatic carbocycles. The monoisotopic (exact) mass is 281 g/mol. The lowest BCUT2D eigenvalue weighted by Gasteiger charge is -2.08. The second kappa shape index (κ2) is 4.22. The molecule has 0 aliphatic rings. The molecule has 20 heavy (non-hydrogen) atoms. The molecular weight excluding hydrogens is 274 g/mol. The van der Waals surface area contributed by atoms with Gasteiger partial charge >= 0.3 is 0 Å². The van der Waals surface area contributed by atoms with Crippen LogP contribution in [0.1, 0.15) is 0 Å². The number of hydrogen-bond donors (Lipinski definition) is 1. The van der Waals surface area contributed by atoms with Crippen LogP contribution in [0.5, 0.6) is 0 Å². The van der Waals surface area contributed by atoms with Gasteiger partial charge in [-0.2, -0.15) is 0 Å². The average Bonchev–Trinajstić information content (AvgIpc) is 2.75. The van der Waals surface area contributed by atoms with E-state index in [1.807, 2.05) is 0 Å². The molecule has 0 spiro atoms. The Morgan fingerprint density at radius 3 is 2.35 bits per heavy atom. The quantitative estimate of drug-likeness (QED) is 0.696. The number of anilines is 1. The van der Waals surface area contributed by atoms with Gasteiger partial charge in [-0.1, -0.05) is 6.07 Å². The van der Waals surface area contributed by atoms with E-state index in [4.69, 9.17) is 5.73 Å². The first-order valence-electron chi connectivity index (χ1n) is 5.57. The molecule has 0 saturated heterocycles. The molecule has 0 saturated carbocycles. The number of benzene rings is 2. The highest BCUT2D eigenvalue weighted by Gasteiger charge is 2.20. The predicted molar refractivity (Wildman–Crippen MR) is 65.3 cm³/mol. The van der Waals surface area contributed by atoms with Crippen LogP contribution >= 0.6 is 0 Å². The van der Waals surface area contributed by atoms with E-state index >= 15 is 0 Å². The molecule has 0 aliphatic heterocycles. The van der Waals surface area contributed by atoms with Crippen LogP contribution in [0.25, 0.3) is 16.7 Å². The van der Waals surface area contributed by atoms with Gasteiger partial charge in [0.2, 0.25) is 5.95 Å². The van der Waals surface area contributed by atoms with Crippen LogP contribution in [-0.4, -0.2) is 9.55 Å². The van der Waals surface area contributed by atoms with Crippen molar-refractivity contribution < 1.29 is 17.6 Å². The van der Waals surface area contributed by atoms with Crippen molar-refractivity contribution in [2.24, 2.45) is 0 Å². The summed E-state index contributed by atoms with van der Waals surface area (Å²) < 4.78 is 55.1. The molecule has 102 valence electrons. The molecule has 0 radical (unpaired) electrons. The fourth-order valence-corrected chi connectivity index (χ4v) is 2.03. The Morgan fingerprint density at radius 2 is 1.60 bits per heavy atom. The van der Waals surface area contributed by atoms with Gasteiger partial charge in [0.05, 0.1) is 11.2 Å². The van der Waals surface area contributed by atoms with Gasteiger partial charge < -0.3 is 5.73 Å². The van der Waals surface area contributed by atoms with Gasteiger partial charge in [0.25, 0.3) is 0 Å². The van der Waals surface area contributed by atoms with Crippen LogP contribution in [0.3, 0.4) is 0 Å². The maximum Gasteiger partial charge on any atom is 0.206 e. The molecule has 2 aromatic carbocycles. The standard InChI is InChI=1S/C13H7F4N3/c14-6-2-1-3-9(10(6)16)20-12-8(19-13(20)18)5-4-7(15)11(12)17/h1-5H,(H2,18,19). The van der Waals surface area contributed by atoms with Crippen LogP contribution in [0.2, 0.25) is 0 Å². The zero-order valence-corrected chi connectivity index (χ0v) is 9.87. The first-order chi connectivity index (χ1) is 9.50. The molecule has 0 fully saturated rings. The molecule has 0 unspecified atom stereocenters. The first-order valence-corrected chi connectivity index (χ1v) is 5.57. The highest BCUT2D eigenvalue weighted by atomic mass is 19.2. The van der Waals surface area contributed by atoms with Crippen molar-refractivity contribution in [1.29, 1.82) is 0 Å². The van der Waals surface area contributed by atoms with Crippen molar-refractivity contribution in [2.75, 3.05) is 5.73 Å². The van der Waals surface area contributed by atoms with Crippen LogP contribution in [0.4, 0.5) is 23.5 Å². The molecule has 0 bridgehead atoms. The molecule has 3 rings (SSSR count). The van der Waals surface area contributed by atoms with Crippen molar-refractivity contribution in [2.45, 2.75) is 0 Å². The first kappa shape index (κ1) is 12.5. The highest BCUT2D eigenvalue weighted by molar-refractivity contribution is 5.81. The van der Waals surface area contributed by atoms with Gasteiger partial charge in [-0.25, -0.2) is 22.5 Å². The fraction of sp³-hybridized carbons (Fsp3) is 0. The predicted octanol–water partition coefficient (Wildman–Crippen LogP) is 3.16. The van der Waals surface area contributed by atoms with Gasteiger partial charge in [0.1, 0.15) is 5.52 Å². The van der Waals surface area contributed by atoms with Crippen molar-refractivity contribution in [3.05, 3.63) is 53.6 Å². The molecule has 2 N–H and O–H groups in total. The topological polar surface area (TPSA) is 43.8 Å². The minimum atomic E-state index is -1.23. The number of hydrogen-bond acceptors (Lipinski definition) is 2. The molecule has 0 atom stereocenters. The second-order valence-electron chi connectivity index (χ2n) is 4.11. The Balaban J connectivity index is 2.45. The molecule has 7 heteroatoms. The van der Waals surface area contributed by atoms with Gasteiger partial charge in [-0.05, 0) is 24.3 Å². The summed E-state index contributed by atoms with van der Waals surface area (Å²) in [6.07, 6.45) is 0. The zero-order valence-electron chi connectivity index (χ0n) is 9.87. The molecule has 0 amide bonds. The maximum atomic E-state index is 13.9. The number of rotatable bonds is 1. The van der Waals surface area contributed by atoms with E-state index in [1.54, 1.807) is 0 Å². The van der Waals surface area contributed by atoms with Crippen LogP contribution in [0, 0.1) is 23.3 Å². The number of nitrogens with two attached hydrogens (primary N) is 1. The molecule has 3 aromatic rings. The lowest BCUT2D eigenvalue weighted by molar-refractivity contribution is 0.502. The lowest BCUT2D eigenvalue weighted by atomic mass is 10.2. The molecular formula is C13H7F4N3. The normalized spacial score (nSPS) is 11.2. The SMILES string of the molecule is Nc1nc2ccc(F)c(F)c2n1-c1cccc(F)c1F. The summed E-state index contributed by atoms with van der Waals surface area (Å²) in [5.74, 6) is -4.97. The van der Waals surface area contributed by atoms with Crippen molar-refractivity contribution in [3.8, 4) is 5.69 Å². The summed E-state index contributed by atoms with van der Waals surface area (Å²) in [6, 6.07) is 5.43. The Morgan fingerprint density at radius 1 is 0.900 bits per heavy atom. The van der Waals surface area contributed by atoms with Gasteiger partial charge in [0.15, 0.2) is 23.3 Å². The smallest absolute Gasteiger partial charge is 0.206 e. The minimum absolute atomic E-state index is 0.0464. The van der Waals surface area contributed by atoms with Crippen molar-refractivity contribution >= 4 is 17.0 Å². The Labute approximate surface area is 110 Å². The van der Waals surface area contributed by atoms with Crippen LogP contribution in [0.15, 0.2) is 30.3 Å². The Hall–Kier alpha value is -2.57. The third kappa shape index (κ3) is 1.63. The third-order valence-electron chi connectivity index (χ3n) is 2.91. The number of fused-ring (bicyclic) bond motifs is 1. The van der Waals surface area contributed by atoms with Crippen LogP contribution in [-0.2, 0) is 0 Å². The van der Waals surface area contributed by atoms with E-state index in [-0.39, 0.29) is 22.7 Å². The molecule has 1 heterocycles. The van der Waals surface area contributed by atoms with Crippen LogP contribution < -0.4 is 5.73 Å². The number of nitrogen functional groups attached to an aromatic ring is 1. The number of halogens is 4. The summed E-state index contributed by atoms with van der Waals surface area (Å²) in [5, 5.41) is 0. The second-order valence-corrected chi connectivity index (χ2v) is 4.11. The van der Waals surface area contributed by atoms with Gasteiger partial charge in [-0.15, -0.1) is 0 Å². The Bertz CT molecular complexity index is 826. The molecule has 3 nitrogen and oxygen atoms in total. The highest BCUT2D eigenvalue weighted by Crippen LogP contribution is 2.28. The van der Waals surface area contributed by atoms with E-state index in [0.29, 0.717) is 0 Å². The van der Waals surface area contributed by atoms with E-state index in [1.165, 1.54) is 18.2 Å². The summed E-state index contributed by atoms with van der Waals surface area (Å²) in [4.78, 5) is 3.81. The largest absolute Gasteiger partial charge is 0.369 e. The lowest BCUT2D eigenvalue weighted by Crippen LogP contribution is -2.05. The van der Waals surface area contributed by atoms with Crippen molar-refractivity contribution in [1.82, 2.24) is 9.55 Å². The fourth-order valence-electron chi connectivity index (χ4n) is 2.03. The number of imidazole rings is 1. The summed E-state index contributed by atoms with van der Waals surface area (Å²) in [6.45, 7) is 0. The number of nitrogens with zero attached hydrogens (tertiary/aromatic N) is 2. The number of aromatic nitrogens is 2.